The first-order valence-electron chi connectivity index (χ1n) is 6.04. The van der Waals surface area contributed by atoms with Gasteiger partial charge in [0.05, 0.1) is 6.07 Å². The second kappa shape index (κ2) is 5.22. The molecular formula is C15H20N2O. The van der Waals surface area contributed by atoms with E-state index in [4.69, 9.17) is 5.26 Å². The van der Waals surface area contributed by atoms with Gasteiger partial charge in [0.15, 0.2) is 0 Å². The number of carbonyl (C=O) groups excluding carboxylic acids is 1. The van der Waals surface area contributed by atoms with E-state index >= 15 is 0 Å². The van der Waals surface area contributed by atoms with Crippen LogP contribution in [0.5, 0.6) is 0 Å². The molecule has 1 rings (SSSR count). The molecule has 0 aliphatic carbocycles. The Hall–Kier alpha value is -1.82. The van der Waals surface area contributed by atoms with Gasteiger partial charge in [-0.25, -0.2) is 0 Å². The van der Waals surface area contributed by atoms with E-state index in [9.17, 15) is 4.79 Å². The summed E-state index contributed by atoms with van der Waals surface area (Å²) in [6.45, 7) is 10.4. The first kappa shape index (κ1) is 14.2. The smallest absolute Gasteiger partial charge is 0.252 e. The van der Waals surface area contributed by atoms with Crippen molar-refractivity contribution in [1.82, 2.24) is 5.32 Å². The number of benzene rings is 1. The van der Waals surface area contributed by atoms with E-state index in [1.165, 1.54) is 5.56 Å². The zero-order valence-corrected chi connectivity index (χ0v) is 11.7. The first-order chi connectivity index (χ1) is 8.27. The number of nitrogens with one attached hydrogen (secondary N) is 1. The lowest BCUT2D eigenvalue weighted by atomic mass is 9.83. The average molecular weight is 244 g/mol. The molecule has 0 aliphatic heterocycles. The lowest BCUT2D eigenvalue weighted by molar-refractivity contribution is 0.0957. The maximum atomic E-state index is 11.9. The lowest BCUT2D eigenvalue weighted by Crippen LogP contribution is -2.25. The molecule has 3 nitrogen and oxygen atoms in total. The van der Waals surface area contributed by atoms with Crippen LogP contribution in [0.25, 0.3) is 0 Å². The second-order valence-electron chi connectivity index (χ2n) is 5.58. The van der Waals surface area contributed by atoms with Crippen LogP contribution in [0.3, 0.4) is 0 Å². The molecule has 0 aliphatic rings. The van der Waals surface area contributed by atoms with E-state index in [0.717, 1.165) is 11.1 Å². The van der Waals surface area contributed by atoms with Gasteiger partial charge < -0.3 is 5.32 Å². The monoisotopic (exact) mass is 244 g/mol. The normalized spacial score (nSPS) is 10.9. The Morgan fingerprint density at radius 2 is 1.78 bits per heavy atom. The number of hydrogen-bond acceptors (Lipinski definition) is 2. The van der Waals surface area contributed by atoms with Gasteiger partial charge in [0.2, 0.25) is 0 Å². The highest BCUT2D eigenvalue weighted by Crippen LogP contribution is 2.26. The molecule has 3 heteroatoms. The highest BCUT2D eigenvalue weighted by atomic mass is 16.1. The molecule has 1 amide bonds. The van der Waals surface area contributed by atoms with Crippen molar-refractivity contribution in [3.8, 4) is 6.07 Å². The molecule has 0 fully saturated rings. The largest absolute Gasteiger partial charge is 0.339 e. The highest BCUT2D eigenvalue weighted by molar-refractivity contribution is 5.97. The van der Waals surface area contributed by atoms with Gasteiger partial charge in [0.25, 0.3) is 5.91 Å². The summed E-state index contributed by atoms with van der Waals surface area (Å²) >= 11 is 0. The standard InChI is InChI=1S/C15H20N2O/c1-10-8-12(15(3,4)5)9-11(2)13(10)14(18)17-7-6-16/h8-9H,7H2,1-5H3,(H,17,18). The third-order valence-electron chi connectivity index (χ3n) is 2.95. The number of carbonyl (C=O) groups is 1. The predicted molar refractivity (Wildman–Crippen MR) is 72.6 cm³/mol. The van der Waals surface area contributed by atoms with Gasteiger partial charge in [-0.05, 0) is 36.0 Å². The molecule has 1 aromatic rings. The van der Waals surface area contributed by atoms with Crippen LogP contribution >= 0.6 is 0 Å². The zero-order valence-electron chi connectivity index (χ0n) is 11.7. The Morgan fingerprint density at radius 3 is 2.17 bits per heavy atom. The molecule has 0 saturated heterocycles. The van der Waals surface area contributed by atoms with Gasteiger partial charge in [-0.3, -0.25) is 4.79 Å². The van der Waals surface area contributed by atoms with Gasteiger partial charge in [0, 0.05) is 5.56 Å². The fourth-order valence-electron chi connectivity index (χ4n) is 1.96. The Morgan fingerprint density at radius 1 is 1.28 bits per heavy atom. The highest BCUT2D eigenvalue weighted by Gasteiger charge is 2.18. The SMILES string of the molecule is Cc1cc(C(C)(C)C)cc(C)c1C(=O)NCC#N. The summed E-state index contributed by atoms with van der Waals surface area (Å²) < 4.78 is 0. The molecule has 0 unspecified atom stereocenters. The van der Waals surface area contributed by atoms with Crippen LogP contribution in [0.2, 0.25) is 0 Å². The van der Waals surface area contributed by atoms with Crippen LogP contribution in [-0.2, 0) is 5.41 Å². The van der Waals surface area contributed by atoms with Crippen molar-refractivity contribution in [2.45, 2.75) is 40.0 Å². The quantitative estimate of drug-likeness (QED) is 0.813. The molecule has 0 saturated carbocycles. The predicted octanol–water partition coefficient (Wildman–Crippen LogP) is 2.85. The van der Waals surface area contributed by atoms with E-state index in [-0.39, 0.29) is 17.9 Å². The Labute approximate surface area is 109 Å². The van der Waals surface area contributed by atoms with E-state index < -0.39 is 0 Å². The van der Waals surface area contributed by atoms with Crippen LogP contribution in [0.4, 0.5) is 0 Å². The zero-order chi connectivity index (χ0) is 13.9. The summed E-state index contributed by atoms with van der Waals surface area (Å²) in [6, 6.07) is 6.01. The van der Waals surface area contributed by atoms with Crippen molar-refractivity contribution in [1.29, 1.82) is 5.26 Å². The van der Waals surface area contributed by atoms with Crippen LogP contribution in [0.15, 0.2) is 12.1 Å². The van der Waals surface area contributed by atoms with Crippen LogP contribution in [-0.4, -0.2) is 12.5 Å². The van der Waals surface area contributed by atoms with Crippen molar-refractivity contribution in [3.05, 3.63) is 34.4 Å². The summed E-state index contributed by atoms with van der Waals surface area (Å²) in [4.78, 5) is 11.9. The average Bonchev–Trinajstić information content (AvgIpc) is 2.24. The third kappa shape index (κ3) is 3.10. The lowest BCUT2D eigenvalue weighted by Gasteiger charge is -2.22. The van der Waals surface area contributed by atoms with Crippen molar-refractivity contribution >= 4 is 5.91 Å². The van der Waals surface area contributed by atoms with Gasteiger partial charge in [-0.15, -0.1) is 0 Å². The van der Waals surface area contributed by atoms with E-state index in [0.29, 0.717) is 5.56 Å². The third-order valence-corrected chi connectivity index (χ3v) is 2.95. The molecule has 0 aromatic heterocycles. The van der Waals surface area contributed by atoms with E-state index in [1.54, 1.807) is 0 Å². The molecule has 0 radical (unpaired) electrons. The number of amides is 1. The van der Waals surface area contributed by atoms with Crippen molar-refractivity contribution < 1.29 is 4.79 Å². The minimum atomic E-state index is -0.174. The number of rotatable bonds is 2. The van der Waals surface area contributed by atoms with Gasteiger partial charge >= 0.3 is 0 Å². The summed E-state index contributed by atoms with van der Waals surface area (Å²) in [5.41, 5.74) is 3.87. The van der Waals surface area contributed by atoms with Crippen molar-refractivity contribution in [3.63, 3.8) is 0 Å². The van der Waals surface area contributed by atoms with Gasteiger partial charge in [0.1, 0.15) is 6.54 Å². The Balaban J connectivity index is 3.18. The van der Waals surface area contributed by atoms with Crippen molar-refractivity contribution in [2.24, 2.45) is 0 Å². The Bertz CT molecular complexity index is 481. The van der Waals surface area contributed by atoms with Crippen LogP contribution in [0.1, 0.15) is 47.8 Å². The summed E-state index contributed by atoms with van der Waals surface area (Å²) in [7, 11) is 0. The van der Waals surface area contributed by atoms with Gasteiger partial charge in [-0.1, -0.05) is 32.9 Å². The maximum absolute atomic E-state index is 11.9. The fourth-order valence-corrected chi connectivity index (χ4v) is 1.96. The maximum Gasteiger partial charge on any atom is 0.252 e. The fraction of sp³-hybridized carbons (Fsp3) is 0.467. The van der Waals surface area contributed by atoms with Gasteiger partial charge in [-0.2, -0.15) is 5.26 Å². The van der Waals surface area contributed by atoms with Crippen LogP contribution in [0, 0.1) is 25.2 Å². The molecule has 18 heavy (non-hydrogen) atoms. The Kier molecular flexibility index (Phi) is 4.13. The molecule has 0 spiro atoms. The molecule has 0 bridgehead atoms. The number of nitrogens with zero attached hydrogens (tertiary/aromatic N) is 1. The molecular weight excluding hydrogens is 224 g/mol. The summed E-state index contributed by atoms with van der Waals surface area (Å²) in [5, 5.41) is 11.1. The summed E-state index contributed by atoms with van der Waals surface area (Å²) in [6.07, 6.45) is 0. The molecule has 0 atom stereocenters. The minimum absolute atomic E-state index is 0.0404. The van der Waals surface area contributed by atoms with Crippen molar-refractivity contribution in [2.75, 3.05) is 6.54 Å². The molecule has 1 N–H and O–H groups in total. The number of nitriles is 1. The first-order valence-corrected chi connectivity index (χ1v) is 6.04. The molecule has 96 valence electrons. The molecule has 1 aromatic carbocycles. The topological polar surface area (TPSA) is 52.9 Å². The second-order valence-corrected chi connectivity index (χ2v) is 5.58. The minimum Gasteiger partial charge on any atom is -0.339 e. The van der Waals surface area contributed by atoms with E-state index in [2.05, 4.69) is 26.1 Å². The molecule has 0 heterocycles. The number of aryl methyl sites for hydroxylation is 2. The van der Waals surface area contributed by atoms with E-state index in [1.807, 2.05) is 32.0 Å². The summed E-state index contributed by atoms with van der Waals surface area (Å²) in [5.74, 6) is -0.174. The van der Waals surface area contributed by atoms with Crippen LogP contribution < -0.4 is 5.32 Å². The number of hydrogen-bond donors (Lipinski definition) is 1.